The molecule has 4 heteroatoms. The van der Waals surface area contributed by atoms with Gasteiger partial charge in [-0.15, -0.1) is 0 Å². The third-order valence-electron chi connectivity index (χ3n) is 3.00. The van der Waals surface area contributed by atoms with Crippen molar-refractivity contribution in [2.24, 2.45) is 0 Å². The lowest BCUT2D eigenvalue weighted by Crippen LogP contribution is -1.94. The van der Waals surface area contributed by atoms with Crippen molar-refractivity contribution in [3.05, 3.63) is 59.2 Å². The zero-order valence-electron chi connectivity index (χ0n) is 10.9. The molecule has 1 heterocycles. The Hall–Kier alpha value is -2.26. The Bertz CT molecular complexity index is 787. The molecule has 0 bridgehead atoms. The zero-order chi connectivity index (χ0) is 14.1. The number of hydrogen-bond donors (Lipinski definition) is 1. The summed E-state index contributed by atoms with van der Waals surface area (Å²) in [6.45, 7) is 1.94. The number of nitrogen functional groups attached to an aromatic ring is 1. The van der Waals surface area contributed by atoms with Gasteiger partial charge in [-0.3, -0.25) is 4.98 Å². The fourth-order valence-electron chi connectivity index (χ4n) is 2.08. The van der Waals surface area contributed by atoms with E-state index >= 15 is 0 Å². The second-order valence-electron chi connectivity index (χ2n) is 4.56. The smallest absolute Gasteiger partial charge is 0.150 e. The van der Waals surface area contributed by atoms with Crippen LogP contribution in [0.15, 0.2) is 48.5 Å². The molecule has 0 saturated carbocycles. The van der Waals surface area contributed by atoms with Crippen LogP contribution in [0.4, 0.5) is 5.69 Å². The Morgan fingerprint density at radius 1 is 1.05 bits per heavy atom. The van der Waals surface area contributed by atoms with E-state index < -0.39 is 0 Å². The van der Waals surface area contributed by atoms with Gasteiger partial charge in [0.25, 0.3) is 0 Å². The molecule has 0 amide bonds. The number of ether oxygens (including phenoxy) is 1. The van der Waals surface area contributed by atoms with Crippen molar-refractivity contribution in [3.8, 4) is 11.5 Å². The number of hydrogen-bond acceptors (Lipinski definition) is 3. The van der Waals surface area contributed by atoms with E-state index in [9.17, 15) is 0 Å². The van der Waals surface area contributed by atoms with Crippen molar-refractivity contribution >= 4 is 28.2 Å². The Labute approximate surface area is 122 Å². The zero-order valence-corrected chi connectivity index (χ0v) is 11.7. The fraction of sp³-hybridized carbons (Fsp3) is 0.0625. The maximum atomic E-state index is 5.93. The SMILES string of the molecule is Cc1cc(Oc2ccc(Cl)cc2N)c2ccccc2n1. The maximum absolute atomic E-state index is 5.93. The highest BCUT2D eigenvalue weighted by Crippen LogP contribution is 2.33. The Balaban J connectivity index is 2.10. The molecule has 0 radical (unpaired) electrons. The quantitative estimate of drug-likeness (QED) is 0.701. The number of nitrogens with zero attached hydrogens (tertiary/aromatic N) is 1. The summed E-state index contributed by atoms with van der Waals surface area (Å²) in [6, 6.07) is 14.9. The van der Waals surface area contributed by atoms with Gasteiger partial charge in [-0.05, 0) is 37.3 Å². The molecule has 0 atom stereocenters. The van der Waals surface area contributed by atoms with Crippen LogP contribution in [-0.2, 0) is 0 Å². The molecule has 0 fully saturated rings. The van der Waals surface area contributed by atoms with Gasteiger partial charge in [0.15, 0.2) is 0 Å². The average Bonchev–Trinajstić information content (AvgIpc) is 2.41. The summed E-state index contributed by atoms with van der Waals surface area (Å²) < 4.78 is 5.93. The van der Waals surface area contributed by atoms with E-state index in [2.05, 4.69) is 4.98 Å². The second-order valence-corrected chi connectivity index (χ2v) is 5.00. The van der Waals surface area contributed by atoms with E-state index in [1.807, 2.05) is 37.3 Å². The number of fused-ring (bicyclic) bond motifs is 1. The van der Waals surface area contributed by atoms with Crippen molar-refractivity contribution < 1.29 is 4.74 Å². The first-order valence-electron chi connectivity index (χ1n) is 6.23. The molecule has 1 aromatic heterocycles. The molecule has 0 saturated heterocycles. The monoisotopic (exact) mass is 284 g/mol. The van der Waals surface area contributed by atoms with Gasteiger partial charge in [0.1, 0.15) is 11.5 Å². The van der Waals surface area contributed by atoms with Gasteiger partial charge in [-0.1, -0.05) is 23.7 Å². The lowest BCUT2D eigenvalue weighted by molar-refractivity contribution is 0.490. The first-order chi connectivity index (χ1) is 9.63. The van der Waals surface area contributed by atoms with Gasteiger partial charge >= 0.3 is 0 Å². The third-order valence-corrected chi connectivity index (χ3v) is 3.23. The summed E-state index contributed by atoms with van der Waals surface area (Å²) in [5.41, 5.74) is 8.23. The molecule has 0 aliphatic rings. The number of aromatic nitrogens is 1. The minimum absolute atomic E-state index is 0.510. The number of nitrogens with two attached hydrogens (primary N) is 1. The summed E-state index contributed by atoms with van der Waals surface area (Å²) in [6.07, 6.45) is 0. The van der Waals surface area contributed by atoms with E-state index in [0.29, 0.717) is 16.5 Å². The molecule has 3 aromatic rings. The first kappa shape index (κ1) is 12.8. The number of aryl methyl sites for hydroxylation is 1. The van der Waals surface area contributed by atoms with Gasteiger partial charge in [0.05, 0.1) is 11.2 Å². The van der Waals surface area contributed by atoms with E-state index in [1.54, 1.807) is 18.2 Å². The van der Waals surface area contributed by atoms with Crippen LogP contribution in [0.5, 0.6) is 11.5 Å². The molecule has 2 N–H and O–H groups in total. The molecule has 20 heavy (non-hydrogen) atoms. The molecule has 0 aliphatic heterocycles. The first-order valence-corrected chi connectivity index (χ1v) is 6.60. The summed E-state index contributed by atoms with van der Waals surface area (Å²) in [7, 11) is 0. The van der Waals surface area contributed by atoms with Crippen molar-refractivity contribution in [1.82, 2.24) is 4.98 Å². The summed E-state index contributed by atoms with van der Waals surface area (Å²) in [5.74, 6) is 1.33. The second kappa shape index (κ2) is 5.02. The minimum Gasteiger partial charge on any atom is -0.454 e. The van der Waals surface area contributed by atoms with Crippen molar-refractivity contribution in [2.75, 3.05) is 5.73 Å². The molecule has 0 aliphatic carbocycles. The van der Waals surface area contributed by atoms with E-state index in [0.717, 1.165) is 22.3 Å². The normalized spacial score (nSPS) is 10.7. The molecule has 0 spiro atoms. The van der Waals surface area contributed by atoms with Crippen molar-refractivity contribution in [2.45, 2.75) is 6.92 Å². The minimum atomic E-state index is 0.510. The lowest BCUT2D eigenvalue weighted by atomic mass is 10.2. The van der Waals surface area contributed by atoms with Crippen LogP contribution in [0.3, 0.4) is 0 Å². The average molecular weight is 285 g/mol. The number of rotatable bonds is 2. The van der Waals surface area contributed by atoms with E-state index in [4.69, 9.17) is 22.1 Å². The van der Waals surface area contributed by atoms with Crippen LogP contribution in [0.25, 0.3) is 10.9 Å². The molecule has 0 unspecified atom stereocenters. The number of benzene rings is 2. The standard InChI is InChI=1S/C16H13ClN2O/c1-10-8-16(12-4-2-3-5-14(12)19-10)20-15-7-6-11(17)9-13(15)18/h2-9H,18H2,1H3. The van der Waals surface area contributed by atoms with Gasteiger partial charge in [0, 0.05) is 22.2 Å². The van der Waals surface area contributed by atoms with Crippen LogP contribution < -0.4 is 10.5 Å². The van der Waals surface area contributed by atoms with Gasteiger partial charge in [-0.25, -0.2) is 0 Å². The molecule has 3 nitrogen and oxygen atoms in total. The number of anilines is 1. The van der Waals surface area contributed by atoms with Crippen molar-refractivity contribution in [3.63, 3.8) is 0 Å². The molecular formula is C16H13ClN2O. The Morgan fingerprint density at radius 2 is 1.85 bits per heavy atom. The molecule has 100 valence electrons. The highest BCUT2D eigenvalue weighted by atomic mass is 35.5. The van der Waals surface area contributed by atoms with Crippen LogP contribution >= 0.6 is 11.6 Å². The molecule has 2 aromatic carbocycles. The number of halogens is 1. The van der Waals surface area contributed by atoms with Crippen molar-refractivity contribution in [1.29, 1.82) is 0 Å². The van der Waals surface area contributed by atoms with Gasteiger partial charge < -0.3 is 10.5 Å². The largest absolute Gasteiger partial charge is 0.454 e. The highest BCUT2D eigenvalue weighted by Gasteiger charge is 2.08. The predicted molar refractivity (Wildman–Crippen MR) is 82.4 cm³/mol. The number of para-hydroxylation sites is 1. The maximum Gasteiger partial charge on any atom is 0.150 e. The van der Waals surface area contributed by atoms with Gasteiger partial charge in [-0.2, -0.15) is 0 Å². The summed E-state index contributed by atoms with van der Waals surface area (Å²) in [5, 5.41) is 1.54. The van der Waals surface area contributed by atoms with E-state index in [-0.39, 0.29) is 0 Å². The molecule has 3 rings (SSSR count). The number of pyridine rings is 1. The molecular weight excluding hydrogens is 272 g/mol. The topological polar surface area (TPSA) is 48.1 Å². The van der Waals surface area contributed by atoms with Crippen LogP contribution in [0.1, 0.15) is 5.69 Å². The van der Waals surface area contributed by atoms with Crippen LogP contribution in [0.2, 0.25) is 5.02 Å². The highest BCUT2D eigenvalue weighted by molar-refractivity contribution is 6.30. The lowest BCUT2D eigenvalue weighted by Gasteiger charge is -2.11. The van der Waals surface area contributed by atoms with E-state index in [1.165, 1.54) is 0 Å². The Morgan fingerprint density at radius 3 is 2.65 bits per heavy atom. The fourth-order valence-corrected chi connectivity index (χ4v) is 2.26. The Kier molecular flexibility index (Phi) is 3.20. The van der Waals surface area contributed by atoms with Crippen LogP contribution in [-0.4, -0.2) is 4.98 Å². The third kappa shape index (κ3) is 2.40. The van der Waals surface area contributed by atoms with Gasteiger partial charge in [0.2, 0.25) is 0 Å². The summed E-state index contributed by atoms with van der Waals surface area (Å²) in [4.78, 5) is 4.48. The predicted octanol–water partition coefficient (Wildman–Crippen LogP) is 4.57. The summed E-state index contributed by atoms with van der Waals surface area (Å²) >= 11 is 5.89. The van der Waals surface area contributed by atoms with Crippen LogP contribution in [0, 0.1) is 6.92 Å².